The van der Waals surface area contributed by atoms with Gasteiger partial charge in [0.15, 0.2) is 6.61 Å². The number of carbonyl (C=O) groups is 2. The van der Waals surface area contributed by atoms with E-state index in [-0.39, 0.29) is 22.9 Å². The van der Waals surface area contributed by atoms with Gasteiger partial charge in [-0.25, -0.2) is 17.9 Å². The standard InChI is InChI=1S/C20H24N2O5S/c1-3-22-28(25,26)18-11-9-17(10-12-18)20(24)27-14-19(23)21-13-15(2)16-7-5-4-6-8-16/h4-12,15,22H,3,13-14H2,1-2H3,(H,21,23)/t15-/m1/s1. The minimum absolute atomic E-state index is 0.0542. The van der Waals surface area contributed by atoms with Gasteiger partial charge in [-0.1, -0.05) is 44.2 Å². The quantitative estimate of drug-likeness (QED) is 0.623. The molecule has 0 unspecified atom stereocenters. The Labute approximate surface area is 165 Å². The fraction of sp³-hybridized carbons (Fsp3) is 0.300. The van der Waals surface area contributed by atoms with Crippen LogP contribution in [0.15, 0.2) is 59.5 Å². The number of amides is 1. The fourth-order valence-corrected chi connectivity index (χ4v) is 3.52. The molecule has 0 spiro atoms. The topological polar surface area (TPSA) is 102 Å². The molecule has 28 heavy (non-hydrogen) atoms. The van der Waals surface area contributed by atoms with Crippen molar-refractivity contribution in [3.63, 3.8) is 0 Å². The molecule has 0 aromatic heterocycles. The molecule has 2 aromatic rings. The third-order valence-corrected chi connectivity index (χ3v) is 5.60. The molecule has 8 heteroatoms. The maximum absolute atomic E-state index is 12.0. The van der Waals surface area contributed by atoms with Crippen molar-refractivity contribution in [2.75, 3.05) is 19.7 Å². The van der Waals surface area contributed by atoms with Crippen LogP contribution in [0.4, 0.5) is 0 Å². The summed E-state index contributed by atoms with van der Waals surface area (Å²) in [6, 6.07) is 15.1. The second-order valence-corrected chi connectivity index (χ2v) is 7.98. The zero-order chi connectivity index (χ0) is 20.6. The van der Waals surface area contributed by atoms with Crippen LogP contribution < -0.4 is 10.0 Å². The van der Waals surface area contributed by atoms with E-state index in [0.717, 1.165) is 5.56 Å². The van der Waals surface area contributed by atoms with Crippen molar-refractivity contribution in [3.05, 3.63) is 65.7 Å². The smallest absolute Gasteiger partial charge is 0.338 e. The molecule has 0 bridgehead atoms. The van der Waals surface area contributed by atoms with E-state index in [1.165, 1.54) is 24.3 Å². The Bertz CT molecular complexity index is 896. The van der Waals surface area contributed by atoms with Crippen LogP contribution in [0.5, 0.6) is 0 Å². The Hall–Kier alpha value is -2.71. The van der Waals surface area contributed by atoms with Gasteiger partial charge in [0.25, 0.3) is 5.91 Å². The Morgan fingerprint density at radius 2 is 1.68 bits per heavy atom. The molecule has 0 aliphatic carbocycles. The van der Waals surface area contributed by atoms with E-state index in [1.807, 2.05) is 37.3 Å². The summed E-state index contributed by atoms with van der Waals surface area (Å²) in [7, 11) is -3.58. The lowest BCUT2D eigenvalue weighted by atomic mass is 10.0. The second-order valence-electron chi connectivity index (χ2n) is 6.22. The SMILES string of the molecule is CCNS(=O)(=O)c1ccc(C(=O)OCC(=O)NC[C@@H](C)c2ccccc2)cc1. The molecule has 150 valence electrons. The zero-order valence-corrected chi connectivity index (χ0v) is 16.7. The highest BCUT2D eigenvalue weighted by Gasteiger charge is 2.15. The van der Waals surface area contributed by atoms with E-state index in [1.54, 1.807) is 6.92 Å². The summed E-state index contributed by atoms with van der Waals surface area (Å²) in [5.41, 5.74) is 1.27. The van der Waals surface area contributed by atoms with Gasteiger partial charge in [0.2, 0.25) is 10.0 Å². The number of carbonyl (C=O) groups excluding carboxylic acids is 2. The Morgan fingerprint density at radius 3 is 2.29 bits per heavy atom. The lowest BCUT2D eigenvalue weighted by molar-refractivity contribution is -0.124. The average molecular weight is 404 g/mol. The van der Waals surface area contributed by atoms with Gasteiger partial charge in [0, 0.05) is 13.1 Å². The molecular formula is C20H24N2O5S. The third-order valence-electron chi connectivity index (χ3n) is 4.04. The van der Waals surface area contributed by atoms with Crippen LogP contribution in [0.25, 0.3) is 0 Å². The normalized spacial score (nSPS) is 12.2. The number of benzene rings is 2. The number of hydrogen-bond acceptors (Lipinski definition) is 5. The monoisotopic (exact) mass is 404 g/mol. The number of esters is 1. The molecule has 0 fully saturated rings. The summed E-state index contributed by atoms with van der Waals surface area (Å²) in [6.45, 7) is 3.96. The van der Waals surface area contributed by atoms with Crippen LogP contribution in [-0.4, -0.2) is 40.0 Å². The van der Waals surface area contributed by atoms with Crippen LogP contribution in [0.3, 0.4) is 0 Å². The molecule has 1 atom stereocenters. The van der Waals surface area contributed by atoms with Crippen molar-refractivity contribution in [1.29, 1.82) is 0 Å². The van der Waals surface area contributed by atoms with E-state index < -0.39 is 28.5 Å². The molecule has 0 saturated carbocycles. The highest BCUT2D eigenvalue weighted by atomic mass is 32.2. The molecular weight excluding hydrogens is 380 g/mol. The summed E-state index contributed by atoms with van der Waals surface area (Å²) in [5, 5.41) is 2.73. The van der Waals surface area contributed by atoms with Crippen molar-refractivity contribution in [1.82, 2.24) is 10.0 Å². The van der Waals surface area contributed by atoms with Crippen molar-refractivity contribution in [3.8, 4) is 0 Å². The molecule has 2 rings (SSSR count). The average Bonchev–Trinajstić information content (AvgIpc) is 2.71. The maximum atomic E-state index is 12.0. The van der Waals surface area contributed by atoms with E-state index in [9.17, 15) is 18.0 Å². The third kappa shape index (κ3) is 6.17. The van der Waals surface area contributed by atoms with Crippen LogP contribution in [0.2, 0.25) is 0 Å². The summed E-state index contributed by atoms with van der Waals surface area (Å²) >= 11 is 0. The van der Waals surface area contributed by atoms with Gasteiger partial charge in [-0.3, -0.25) is 4.79 Å². The van der Waals surface area contributed by atoms with E-state index in [4.69, 9.17) is 4.74 Å². The number of hydrogen-bond donors (Lipinski definition) is 2. The van der Waals surface area contributed by atoms with Crippen molar-refractivity contribution < 1.29 is 22.7 Å². The van der Waals surface area contributed by atoms with Crippen LogP contribution in [0.1, 0.15) is 35.7 Å². The first kappa shape index (κ1) is 21.6. The Kier molecular flexibility index (Phi) is 7.71. The lowest BCUT2D eigenvalue weighted by Gasteiger charge is -2.13. The van der Waals surface area contributed by atoms with E-state index in [0.29, 0.717) is 6.54 Å². The van der Waals surface area contributed by atoms with Gasteiger partial charge in [0.1, 0.15) is 0 Å². The van der Waals surface area contributed by atoms with Crippen LogP contribution in [0, 0.1) is 0 Å². The predicted octanol–water partition coefficient (Wildman–Crippen LogP) is 2.06. The highest BCUT2D eigenvalue weighted by molar-refractivity contribution is 7.89. The van der Waals surface area contributed by atoms with Crippen LogP contribution >= 0.6 is 0 Å². The fourth-order valence-electron chi connectivity index (χ4n) is 2.48. The molecule has 0 aliphatic rings. The molecule has 0 heterocycles. The van der Waals surface area contributed by atoms with Crippen LogP contribution in [-0.2, 0) is 19.6 Å². The maximum Gasteiger partial charge on any atom is 0.338 e. The summed E-state index contributed by atoms with van der Waals surface area (Å²) in [4.78, 5) is 24.0. The van der Waals surface area contributed by atoms with Crippen molar-refractivity contribution >= 4 is 21.9 Å². The van der Waals surface area contributed by atoms with E-state index >= 15 is 0 Å². The minimum atomic E-state index is -3.58. The van der Waals surface area contributed by atoms with Gasteiger partial charge < -0.3 is 10.1 Å². The first-order valence-electron chi connectivity index (χ1n) is 8.92. The molecule has 0 saturated heterocycles. The van der Waals surface area contributed by atoms with Gasteiger partial charge in [-0.15, -0.1) is 0 Å². The summed E-state index contributed by atoms with van der Waals surface area (Å²) in [5.74, 6) is -0.965. The van der Waals surface area contributed by atoms with Crippen molar-refractivity contribution in [2.45, 2.75) is 24.7 Å². The number of nitrogens with one attached hydrogen (secondary N) is 2. The van der Waals surface area contributed by atoms with Gasteiger partial charge in [-0.2, -0.15) is 0 Å². The molecule has 2 aromatic carbocycles. The molecule has 7 nitrogen and oxygen atoms in total. The second kappa shape index (κ2) is 10.0. The zero-order valence-electron chi connectivity index (χ0n) is 15.8. The van der Waals surface area contributed by atoms with Gasteiger partial charge in [0.05, 0.1) is 10.5 Å². The van der Waals surface area contributed by atoms with Gasteiger partial charge in [-0.05, 0) is 35.7 Å². The summed E-state index contributed by atoms with van der Waals surface area (Å²) < 4.78 is 31.1. The predicted molar refractivity (Wildman–Crippen MR) is 105 cm³/mol. The Balaban J connectivity index is 1.82. The largest absolute Gasteiger partial charge is 0.452 e. The number of ether oxygens (including phenoxy) is 1. The highest BCUT2D eigenvalue weighted by Crippen LogP contribution is 2.13. The number of sulfonamides is 1. The molecule has 1 amide bonds. The lowest BCUT2D eigenvalue weighted by Crippen LogP contribution is -2.31. The first-order chi connectivity index (χ1) is 13.3. The van der Waals surface area contributed by atoms with E-state index in [2.05, 4.69) is 10.0 Å². The molecule has 2 N–H and O–H groups in total. The first-order valence-corrected chi connectivity index (χ1v) is 10.4. The molecule has 0 radical (unpaired) electrons. The Morgan fingerprint density at radius 1 is 1.04 bits per heavy atom. The molecule has 0 aliphatic heterocycles. The van der Waals surface area contributed by atoms with Gasteiger partial charge >= 0.3 is 5.97 Å². The minimum Gasteiger partial charge on any atom is -0.452 e. The number of rotatable bonds is 9. The van der Waals surface area contributed by atoms with Crippen molar-refractivity contribution in [2.24, 2.45) is 0 Å². The summed E-state index contributed by atoms with van der Waals surface area (Å²) in [6.07, 6.45) is 0.